The monoisotopic (exact) mass is 154 g/mol. The van der Waals surface area contributed by atoms with Gasteiger partial charge >= 0.3 is 6.98 Å². The van der Waals surface area contributed by atoms with Gasteiger partial charge in [-0.3, -0.25) is 0 Å². The molecule has 0 rings (SSSR count). The van der Waals surface area contributed by atoms with Crippen LogP contribution in [0.1, 0.15) is 20.3 Å². The standard InChI is InChI=1S/C5H12BF3N/c1-3-5(2)10-4-6(7,8)9/h5,10H,3-4H2,1-2H3/q-1. The molecule has 0 aliphatic rings. The molecule has 0 fully saturated rings. The maximum atomic E-state index is 11.6. The average molecular weight is 154 g/mol. The highest BCUT2D eigenvalue weighted by atomic mass is 19.4. The molecule has 0 aromatic carbocycles. The molecule has 1 unspecified atom stereocenters. The molecule has 5 heteroatoms. The SMILES string of the molecule is CCC(C)NC[B-](F)(F)F. The first-order valence-electron chi connectivity index (χ1n) is 3.40. The highest BCUT2D eigenvalue weighted by Gasteiger charge is 2.22. The van der Waals surface area contributed by atoms with Gasteiger partial charge in [0, 0.05) is 6.04 Å². The quantitative estimate of drug-likeness (QED) is 0.608. The van der Waals surface area contributed by atoms with Crippen molar-refractivity contribution < 1.29 is 12.9 Å². The first kappa shape index (κ1) is 9.81. The van der Waals surface area contributed by atoms with Crippen molar-refractivity contribution in [3.8, 4) is 0 Å². The van der Waals surface area contributed by atoms with Gasteiger partial charge in [0.1, 0.15) is 0 Å². The molecule has 0 saturated heterocycles. The summed E-state index contributed by atoms with van der Waals surface area (Å²) in [4.78, 5) is 0. The lowest BCUT2D eigenvalue weighted by Gasteiger charge is -2.18. The van der Waals surface area contributed by atoms with Gasteiger partial charge in [-0.2, -0.15) is 0 Å². The van der Waals surface area contributed by atoms with E-state index in [1.54, 1.807) is 6.92 Å². The molecule has 0 saturated carbocycles. The van der Waals surface area contributed by atoms with Crippen LogP contribution in [0.3, 0.4) is 0 Å². The van der Waals surface area contributed by atoms with Crippen molar-refractivity contribution in [3.63, 3.8) is 0 Å². The number of hydrogen-bond acceptors (Lipinski definition) is 1. The Hall–Kier alpha value is -0.185. The van der Waals surface area contributed by atoms with Gasteiger partial charge in [-0.15, -0.1) is 0 Å². The topological polar surface area (TPSA) is 12.0 Å². The third kappa shape index (κ3) is 5.94. The van der Waals surface area contributed by atoms with Gasteiger partial charge in [0.2, 0.25) is 0 Å². The molecular weight excluding hydrogens is 142 g/mol. The first-order chi connectivity index (χ1) is 4.45. The maximum absolute atomic E-state index is 11.6. The van der Waals surface area contributed by atoms with Gasteiger partial charge in [0.05, 0.1) is 0 Å². The van der Waals surface area contributed by atoms with Crippen LogP contribution in [-0.4, -0.2) is 19.5 Å². The third-order valence-corrected chi connectivity index (χ3v) is 1.31. The van der Waals surface area contributed by atoms with Crippen LogP contribution in [0, 0.1) is 0 Å². The molecule has 10 heavy (non-hydrogen) atoms. The van der Waals surface area contributed by atoms with E-state index in [4.69, 9.17) is 0 Å². The molecule has 0 radical (unpaired) electrons. The minimum Gasteiger partial charge on any atom is -0.448 e. The summed E-state index contributed by atoms with van der Waals surface area (Å²) in [5.74, 6) is 0. The van der Waals surface area contributed by atoms with Crippen LogP contribution < -0.4 is 5.32 Å². The van der Waals surface area contributed by atoms with Crippen LogP contribution in [0.25, 0.3) is 0 Å². The zero-order valence-corrected chi connectivity index (χ0v) is 6.20. The Morgan fingerprint density at radius 1 is 1.40 bits per heavy atom. The van der Waals surface area contributed by atoms with E-state index < -0.39 is 13.4 Å². The number of hydrogen-bond donors (Lipinski definition) is 1. The molecule has 0 aromatic rings. The first-order valence-corrected chi connectivity index (χ1v) is 3.40. The predicted molar refractivity (Wildman–Crippen MR) is 36.8 cm³/mol. The Labute approximate surface area is 59.1 Å². The second kappa shape index (κ2) is 3.86. The molecule has 1 atom stereocenters. The third-order valence-electron chi connectivity index (χ3n) is 1.31. The van der Waals surface area contributed by atoms with Crippen molar-refractivity contribution >= 4 is 6.98 Å². The van der Waals surface area contributed by atoms with E-state index in [1.807, 2.05) is 6.92 Å². The lowest BCUT2D eigenvalue weighted by molar-refractivity contribution is 0.439. The molecule has 0 amide bonds. The van der Waals surface area contributed by atoms with Crippen molar-refractivity contribution in [3.05, 3.63) is 0 Å². The Morgan fingerprint density at radius 2 is 1.90 bits per heavy atom. The zero-order chi connectivity index (χ0) is 8.20. The van der Waals surface area contributed by atoms with Gasteiger partial charge in [0.15, 0.2) is 0 Å². The number of nitrogens with one attached hydrogen (secondary N) is 1. The smallest absolute Gasteiger partial charge is 0.448 e. The lowest BCUT2D eigenvalue weighted by atomic mass is 9.92. The highest BCUT2D eigenvalue weighted by molar-refractivity contribution is 6.58. The van der Waals surface area contributed by atoms with Gasteiger partial charge in [-0.05, 0) is 19.8 Å². The summed E-state index contributed by atoms with van der Waals surface area (Å²) in [6.07, 6.45) is -0.0961. The molecule has 1 nitrogen and oxygen atoms in total. The van der Waals surface area contributed by atoms with E-state index in [0.717, 1.165) is 6.42 Å². The normalized spacial score (nSPS) is 15.3. The van der Waals surface area contributed by atoms with Crippen LogP contribution in [0.2, 0.25) is 0 Å². The van der Waals surface area contributed by atoms with E-state index in [9.17, 15) is 12.9 Å². The van der Waals surface area contributed by atoms with Crippen LogP contribution in [0.4, 0.5) is 12.9 Å². The molecule has 0 aliphatic heterocycles. The summed E-state index contributed by atoms with van der Waals surface area (Å²) in [7, 11) is 0. The second-order valence-electron chi connectivity index (χ2n) is 2.43. The Morgan fingerprint density at radius 3 is 2.20 bits per heavy atom. The minimum atomic E-state index is -4.65. The number of rotatable bonds is 4. The summed E-state index contributed by atoms with van der Waals surface area (Å²) < 4.78 is 34.7. The van der Waals surface area contributed by atoms with Crippen LogP contribution in [-0.2, 0) is 0 Å². The molecule has 1 N–H and O–H groups in total. The molecule has 0 heterocycles. The van der Waals surface area contributed by atoms with Crippen LogP contribution in [0.15, 0.2) is 0 Å². The Bertz CT molecular complexity index is 93.4. The van der Waals surface area contributed by atoms with E-state index in [2.05, 4.69) is 5.32 Å². The molecule has 62 valence electrons. The summed E-state index contributed by atoms with van der Waals surface area (Å²) in [6, 6.07) is -0.0384. The van der Waals surface area contributed by atoms with Crippen molar-refractivity contribution in [2.45, 2.75) is 26.3 Å². The van der Waals surface area contributed by atoms with Crippen molar-refractivity contribution in [2.75, 3.05) is 6.44 Å². The van der Waals surface area contributed by atoms with Crippen LogP contribution >= 0.6 is 0 Å². The largest absolute Gasteiger partial charge is 0.491 e. The predicted octanol–water partition coefficient (Wildman–Crippen LogP) is 1.76. The zero-order valence-electron chi connectivity index (χ0n) is 6.20. The van der Waals surface area contributed by atoms with Crippen LogP contribution in [0.5, 0.6) is 0 Å². The molecule has 0 aliphatic carbocycles. The van der Waals surface area contributed by atoms with Crippen molar-refractivity contribution in [1.29, 1.82) is 0 Å². The molecular formula is C5H12BF3N-. The fourth-order valence-corrected chi connectivity index (χ4v) is 0.479. The fraction of sp³-hybridized carbons (Fsp3) is 1.00. The van der Waals surface area contributed by atoms with Crippen molar-refractivity contribution in [1.82, 2.24) is 5.32 Å². The van der Waals surface area contributed by atoms with E-state index in [0.29, 0.717) is 0 Å². The van der Waals surface area contributed by atoms with Gasteiger partial charge in [-0.25, -0.2) is 0 Å². The number of halogens is 3. The van der Waals surface area contributed by atoms with Gasteiger partial charge < -0.3 is 18.3 Å². The van der Waals surface area contributed by atoms with Crippen molar-refractivity contribution in [2.24, 2.45) is 0 Å². The lowest BCUT2D eigenvalue weighted by Crippen LogP contribution is -2.38. The average Bonchev–Trinajstić information content (AvgIpc) is 1.81. The highest BCUT2D eigenvalue weighted by Crippen LogP contribution is 2.06. The summed E-state index contributed by atoms with van der Waals surface area (Å²) in [5, 5.41) is 2.38. The Kier molecular flexibility index (Phi) is 3.79. The van der Waals surface area contributed by atoms with E-state index in [-0.39, 0.29) is 6.04 Å². The summed E-state index contributed by atoms with van der Waals surface area (Å²) in [6.45, 7) is -1.06. The van der Waals surface area contributed by atoms with E-state index >= 15 is 0 Å². The minimum absolute atomic E-state index is 0.0384. The van der Waals surface area contributed by atoms with Gasteiger partial charge in [0.25, 0.3) is 0 Å². The summed E-state index contributed by atoms with van der Waals surface area (Å²) in [5.41, 5.74) is 0. The van der Waals surface area contributed by atoms with Gasteiger partial charge in [-0.1, -0.05) is 6.92 Å². The van der Waals surface area contributed by atoms with E-state index in [1.165, 1.54) is 0 Å². The summed E-state index contributed by atoms with van der Waals surface area (Å²) >= 11 is 0. The molecule has 0 bridgehead atoms. The Balaban J connectivity index is 3.36. The maximum Gasteiger partial charge on any atom is 0.491 e. The fourth-order valence-electron chi connectivity index (χ4n) is 0.479. The molecule has 0 spiro atoms. The molecule has 0 aromatic heterocycles. The second-order valence-corrected chi connectivity index (χ2v) is 2.43.